The van der Waals surface area contributed by atoms with E-state index in [1.807, 2.05) is 30.5 Å². The molecule has 0 N–H and O–H groups in total. The van der Waals surface area contributed by atoms with E-state index in [1.54, 1.807) is 0 Å². The second-order valence-corrected chi connectivity index (χ2v) is 5.78. The summed E-state index contributed by atoms with van der Waals surface area (Å²) in [5.41, 5.74) is 3.45. The van der Waals surface area contributed by atoms with Gasteiger partial charge in [-0.25, -0.2) is 0 Å². The summed E-state index contributed by atoms with van der Waals surface area (Å²) in [4.78, 5) is 6.60. The van der Waals surface area contributed by atoms with Crippen molar-refractivity contribution in [1.82, 2.24) is 4.98 Å². The molecule has 21 heavy (non-hydrogen) atoms. The van der Waals surface area contributed by atoms with E-state index < -0.39 is 0 Å². The molecule has 2 nitrogen and oxygen atoms in total. The topological polar surface area (TPSA) is 16.1 Å². The minimum absolute atomic E-state index is 0.744. The normalized spacial score (nSPS) is 11.2. The lowest BCUT2D eigenvalue weighted by Gasteiger charge is -2.20. The smallest absolute Gasteiger partial charge is 0.0629 e. The highest BCUT2D eigenvalue weighted by Crippen LogP contribution is 2.16. The molecule has 0 bridgehead atoms. The minimum Gasteiger partial charge on any atom is -0.375 e. The number of nitrogens with zero attached hydrogens (tertiary/aromatic N) is 2. The van der Waals surface area contributed by atoms with Crippen LogP contribution in [0.15, 0.2) is 48.7 Å². The fourth-order valence-corrected chi connectivity index (χ4v) is 2.08. The zero-order valence-corrected chi connectivity index (χ0v) is 13.2. The van der Waals surface area contributed by atoms with E-state index in [0.29, 0.717) is 0 Å². The van der Waals surface area contributed by atoms with Crippen molar-refractivity contribution in [3.05, 3.63) is 59.9 Å². The number of rotatable bonds is 6. The SMILES string of the molecule is CC(C)CCN(C)c1ccc(/C=C/c2ccccn2)cc1. The Hall–Kier alpha value is -2.09. The number of hydrogen-bond acceptors (Lipinski definition) is 2. The van der Waals surface area contributed by atoms with Crippen LogP contribution in [-0.4, -0.2) is 18.6 Å². The van der Waals surface area contributed by atoms with Crippen LogP contribution < -0.4 is 4.90 Å². The van der Waals surface area contributed by atoms with E-state index in [2.05, 4.69) is 61.1 Å². The van der Waals surface area contributed by atoms with Crippen LogP contribution in [-0.2, 0) is 0 Å². The molecule has 2 aromatic rings. The fraction of sp³-hybridized carbons (Fsp3) is 0.316. The molecular weight excluding hydrogens is 256 g/mol. The van der Waals surface area contributed by atoms with Gasteiger partial charge in [-0.2, -0.15) is 0 Å². The van der Waals surface area contributed by atoms with Gasteiger partial charge < -0.3 is 4.90 Å². The Bertz CT molecular complexity index is 556. The third-order valence-electron chi connectivity index (χ3n) is 3.51. The maximum Gasteiger partial charge on any atom is 0.0629 e. The third kappa shape index (κ3) is 5.07. The summed E-state index contributed by atoms with van der Waals surface area (Å²) in [6, 6.07) is 14.6. The second kappa shape index (κ2) is 7.63. The van der Waals surface area contributed by atoms with Gasteiger partial charge in [0.1, 0.15) is 0 Å². The van der Waals surface area contributed by atoms with Crippen LogP contribution in [0.25, 0.3) is 12.2 Å². The molecule has 0 atom stereocenters. The van der Waals surface area contributed by atoms with Crippen molar-refractivity contribution in [2.45, 2.75) is 20.3 Å². The summed E-state index contributed by atoms with van der Waals surface area (Å²) < 4.78 is 0. The molecule has 0 aliphatic rings. The fourth-order valence-electron chi connectivity index (χ4n) is 2.08. The standard InChI is InChI=1S/C19H24N2/c1-16(2)13-15-21(3)19-11-8-17(9-12-19)7-10-18-6-4-5-14-20-18/h4-12,14,16H,13,15H2,1-3H3/b10-7+. The molecule has 0 saturated carbocycles. The molecule has 0 spiro atoms. The van der Waals surface area contributed by atoms with Gasteiger partial charge in [-0.05, 0) is 48.2 Å². The lowest BCUT2D eigenvalue weighted by atomic mass is 10.1. The maximum absolute atomic E-state index is 4.29. The molecule has 0 unspecified atom stereocenters. The first-order valence-electron chi connectivity index (χ1n) is 7.55. The van der Waals surface area contributed by atoms with Crippen molar-refractivity contribution in [3.63, 3.8) is 0 Å². The van der Waals surface area contributed by atoms with E-state index in [0.717, 1.165) is 18.2 Å². The summed E-state index contributed by atoms with van der Waals surface area (Å²) in [7, 11) is 2.15. The lowest BCUT2D eigenvalue weighted by molar-refractivity contribution is 0.585. The molecule has 1 aromatic carbocycles. The number of anilines is 1. The van der Waals surface area contributed by atoms with Crippen LogP contribution in [0.4, 0.5) is 5.69 Å². The first-order chi connectivity index (χ1) is 10.1. The largest absolute Gasteiger partial charge is 0.375 e. The van der Waals surface area contributed by atoms with Crippen LogP contribution >= 0.6 is 0 Å². The number of pyridine rings is 1. The van der Waals surface area contributed by atoms with Gasteiger partial charge >= 0.3 is 0 Å². The van der Waals surface area contributed by atoms with Crippen LogP contribution in [0.5, 0.6) is 0 Å². The Kier molecular flexibility index (Phi) is 5.56. The van der Waals surface area contributed by atoms with E-state index in [-0.39, 0.29) is 0 Å². The third-order valence-corrected chi connectivity index (χ3v) is 3.51. The Labute approximate surface area is 128 Å². The highest BCUT2D eigenvalue weighted by molar-refractivity contribution is 5.69. The zero-order chi connectivity index (χ0) is 15.1. The first kappa shape index (κ1) is 15.3. The molecule has 1 aromatic heterocycles. The summed E-state index contributed by atoms with van der Waals surface area (Å²) >= 11 is 0. The van der Waals surface area contributed by atoms with Crippen molar-refractivity contribution < 1.29 is 0 Å². The van der Waals surface area contributed by atoms with Crippen LogP contribution in [0, 0.1) is 5.92 Å². The summed E-state index contributed by atoms with van der Waals surface area (Å²) in [5.74, 6) is 0.744. The highest BCUT2D eigenvalue weighted by atomic mass is 15.1. The molecule has 0 saturated heterocycles. The van der Waals surface area contributed by atoms with E-state index in [9.17, 15) is 0 Å². The number of benzene rings is 1. The van der Waals surface area contributed by atoms with Crippen LogP contribution in [0.2, 0.25) is 0 Å². The van der Waals surface area contributed by atoms with E-state index >= 15 is 0 Å². The average Bonchev–Trinajstić information content (AvgIpc) is 2.52. The van der Waals surface area contributed by atoms with Crippen molar-refractivity contribution >= 4 is 17.8 Å². The molecule has 0 radical (unpaired) electrons. The average molecular weight is 280 g/mol. The predicted octanol–water partition coefficient (Wildman–Crippen LogP) is 4.73. The van der Waals surface area contributed by atoms with Crippen LogP contribution in [0.3, 0.4) is 0 Å². The first-order valence-corrected chi connectivity index (χ1v) is 7.55. The Morgan fingerprint density at radius 2 is 1.81 bits per heavy atom. The Morgan fingerprint density at radius 1 is 1.05 bits per heavy atom. The molecule has 2 rings (SSSR count). The Balaban J connectivity index is 1.97. The summed E-state index contributed by atoms with van der Waals surface area (Å²) in [6.07, 6.45) is 7.17. The quantitative estimate of drug-likeness (QED) is 0.760. The monoisotopic (exact) mass is 280 g/mol. The van der Waals surface area contributed by atoms with Crippen molar-refractivity contribution in [2.75, 3.05) is 18.5 Å². The van der Waals surface area contributed by atoms with Gasteiger partial charge in [-0.3, -0.25) is 4.98 Å². The molecular formula is C19H24N2. The van der Waals surface area contributed by atoms with Gasteiger partial charge in [0, 0.05) is 25.5 Å². The van der Waals surface area contributed by atoms with Gasteiger partial charge in [-0.15, -0.1) is 0 Å². The Morgan fingerprint density at radius 3 is 2.43 bits per heavy atom. The molecule has 0 aliphatic carbocycles. The van der Waals surface area contributed by atoms with Gasteiger partial charge in [0.05, 0.1) is 5.69 Å². The van der Waals surface area contributed by atoms with Crippen molar-refractivity contribution in [1.29, 1.82) is 0 Å². The second-order valence-electron chi connectivity index (χ2n) is 5.78. The molecule has 0 amide bonds. The zero-order valence-electron chi connectivity index (χ0n) is 13.2. The summed E-state index contributed by atoms with van der Waals surface area (Å²) in [5, 5.41) is 0. The molecule has 0 aliphatic heterocycles. The number of hydrogen-bond donors (Lipinski definition) is 0. The summed E-state index contributed by atoms with van der Waals surface area (Å²) in [6.45, 7) is 5.62. The van der Waals surface area contributed by atoms with E-state index in [4.69, 9.17) is 0 Å². The number of aromatic nitrogens is 1. The lowest BCUT2D eigenvalue weighted by Crippen LogP contribution is -2.19. The van der Waals surface area contributed by atoms with Gasteiger partial charge in [0.2, 0.25) is 0 Å². The van der Waals surface area contributed by atoms with Crippen LogP contribution in [0.1, 0.15) is 31.5 Å². The highest BCUT2D eigenvalue weighted by Gasteiger charge is 2.01. The molecule has 2 heteroatoms. The van der Waals surface area contributed by atoms with Gasteiger partial charge in [0.15, 0.2) is 0 Å². The predicted molar refractivity (Wildman–Crippen MR) is 92.3 cm³/mol. The molecule has 110 valence electrons. The molecule has 1 heterocycles. The maximum atomic E-state index is 4.29. The molecule has 0 fully saturated rings. The van der Waals surface area contributed by atoms with E-state index in [1.165, 1.54) is 17.7 Å². The minimum atomic E-state index is 0.744. The van der Waals surface area contributed by atoms with Gasteiger partial charge in [-0.1, -0.05) is 38.1 Å². The van der Waals surface area contributed by atoms with Crippen molar-refractivity contribution in [2.24, 2.45) is 5.92 Å². The van der Waals surface area contributed by atoms with Gasteiger partial charge in [0.25, 0.3) is 0 Å². The van der Waals surface area contributed by atoms with Crippen molar-refractivity contribution in [3.8, 4) is 0 Å².